The van der Waals surface area contributed by atoms with E-state index in [4.69, 9.17) is 31.5 Å². The number of hydrogen-bond acceptors (Lipinski definition) is 5. The molecule has 0 aromatic rings. The molecule has 1 atom stereocenters. The molecule has 0 saturated heterocycles. The van der Waals surface area contributed by atoms with Crippen molar-refractivity contribution in [2.75, 3.05) is 0 Å². The van der Waals surface area contributed by atoms with E-state index in [1.165, 1.54) is 0 Å². The summed E-state index contributed by atoms with van der Waals surface area (Å²) < 4.78 is 10.9. The van der Waals surface area contributed by atoms with E-state index in [-0.39, 0.29) is 6.42 Å². The molecule has 1 fully saturated rings. The van der Waals surface area contributed by atoms with Crippen LogP contribution in [0.5, 0.6) is 0 Å². The quantitative estimate of drug-likeness (QED) is 0.269. The van der Waals surface area contributed by atoms with Gasteiger partial charge >= 0.3 is 19.5 Å². The first-order valence-corrected chi connectivity index (χ1v) is 8.62. The number of hydrogen-bond donors (Lipinski definition) is 6. The van der Waals surface area contributed by atoms with Gasteiger partial charge in [-0.2, -0.15) is 0 Å². The van der Waals surface area contributed by atoms with Crippen LogP contribution in [-0.4, -0.2) is 42.8 Å². The molecule has 0 spiro atoms. The lowest BCUT2D eigenvalue weighted by Crippen LogP contribution is -2.47. The summed E-state index contributed by atoms with van der Waals surface area (Å²) in [5.74, 6) is -2.51. The lowest BCUT2D eigenvalue weighted by molar-refractivity contribution is -0.141. The molecule has 22 heavy (non-hydrogen) atoms. The molecule has 0 unspecified atom stereocenters. The van der Waals surface area contributed by atoms with Crippen LogP contribution < -0.4 is 11.5 Å². The number of carboxylic acids is 2. The fourth-order valence-electron chi connectivity index (χ4n) is 1.55. The summed E-state index contributed by atoms with van der Waals surface area (Å²) in [5, 5.41) is 14.5. The number of carboxylic acid groups (broad SMARTS) is 2. The zero-order valence-corrected chi connectivity index (χ0v) is 13.5. The maximum atomic E-state index is 10.9. The van der Waals surface area contributed by atoms with Crippen molar-refractivity contribution in [1.82, 2.24) is 0 Å². The minimum absolute atomic E-state index is 0.202. The summed E-state index contributed by atoms with van der Waals surface area (Å²) in [7, 11) is -4.81. The summed E-state index contributed by atoms with van der Waals surface area (Å²) in [6.07, 6.45) is 4.07. The van der Waals surface area contributed by atoms with Crippen molar-refractivity contribution in [1.29, 1.82) is 0 Å². The Morgan fingerprint density at radius 3 is 1.91 bits per heavy atom. The Labute approximate surface area is 128 Å². The molecule has 1 rings (SSSR count). The highest BCUT2D eigenvalue weighted by Crippen LogP contribution is 2.49. The first-order valence-electron chi connectivity index (χ1n) is 7.01. The Kier molecular flexibility index (Phi) is 7.67. The molecule has 0 aromatic carbocycles. The Bertz CT molecular complexity index is 447. The fraction of sp³-hybridized carbons (Fsp3) is 0.833. The summed E-state index contributed by atoms with van der Waals surface area (Å²) in [6, 6.07) is 0. The maximum absolute atomic E-state index is 10.9. The van der Waals surface area contributed by atoms with Crippen LogP contribution in [-0.2, 0) is 14.2 Å². The SMILES string of the molecule is CCCCCC[C@@](N)(C(=O)O)P(=O)(O)O.NC1(C(=O)O)CC1. The first-order chi connectivity index (χ1) is 9.90. The van der Waals surface area contributed by atoms with Crippen molar-refractivity contribution in [2.24, 2.45) is 11.5 Å². The molecule has 10 heteroatoms. The molecule has 8 N–H and O–H groups in total. The standard InChI is InChI=1S/C8H18NO5P.C4H7NO2/c1-2-3-4-5-6-8(9,7(10)11)15(12,13)14;5-4(1-2-4)3(6)7/h2-6,9H2,1H3,(H,10,11)(H2,12,13,14);1-2,5H2,(H,6,7)/t8-;/m0./s1. The second-order valence-electron chi connectivity index (χ2n) is 5.55. The number of aliphatic carboxylic acids is 2. The predicted molar refractivity (Wildman–Crippen MR) is 79.1 cm³/mol. The van der Waals surface area contributed by atoms with Gasteiger partial charge < -0.3 is 31.5 Å². The van der Waals surface area contributed by atoms with Gasteiger partial charge in [-0.3, -0.25) is 9.36 Å². The van der Waals surface area contributed by atoms with E-state index >= 15 is 0 Å². The van der Waals surface area contributed by atoms with E-state index in [9.17, 15) is 14.2 Å². The van der Waals surface area contributed by atoms with Gasteiger partial charge in [-0.05, 0) is 19.3 Å². The van der Waals surface area contributed by atoms with Crippen molar-refractivity contribution in [3.8, 4) is 0 Å². The average Bonchev–Trinajstić information content (AvgIpc) is 3.13. The molecule has 1 aliphatic carbocycles. The largest absolute Gasteiger partial charge is 0.480 e. The van der Waals surface area contributed by atoms with Crippen molar-refractivity contribution in [3.05, 3.63) is 0 Å². The lowest BCUT2D eigenvalue weighted by atomic mass is 10.1. The van der Waals surface area contributed by atoms with E-state index < -0.39 is 30.4 Å². The first kappa shape index (κ1) is 21.0. The van der Waals surface area contributed by atoms with E-state index in [0.29, 0.717) is 19.3 Å². The second kappa shape index (κ2) is 8.03. The summed E-state index contributed by atoms with van der Waals surface area (Å²) in [5.41, 5.74) is 9.59. The molecular weight excluding hydrogens is 315 g/mol. The number of carbonyl (C=O) groups is 2. The number of nitrogens with two attached hydrogens (primary N) is 2. The Morgan fingerprint density at radius 1 is 1.18 bits per heavy atom. The highest BCUT2D eigenvalue weighted by Gasteiger charge is 2.50. The normalized spacial score (nSPS) is 18.6. The molecule has 0 bridgehead atoms. The maximum Gasteiger partial charge on any atom is 0.356 e. The molecule has 0 aliphatic heterocycles. The third kappa shape index (κ3) is 6.02. The molecule has 1 aliphatic rings. The molecule has 0 heterocycles. The van der Waals surface area contributed by atoms with E-state index in [2.05, 4.69) is 0 Å². The van der Waals surface area contributed by atoms with Gasteiger partial charge in [0.25, 0.3) is 0 Å². The molecule has 1 saturated carbocycles. The fourth-order valence-corrected chi connectivity index (χ4v) is 2.25. The van der Waals surface area contributed by atoms with Gasteiger partial charge in [-0.15, -0.1) is 0 Å². The van der Waals surface area contributed by atoms with Crippen molar-refractivity contribution in [3.63, 3.8) is 0 Å². The van der Waals surface area contributed by atoms with Crippen molar-refractivity contribution < 1.29 is 34.2 Å². The van der Waals surface area contributed by atoms with Crippen LogP contribution in [0, 0.1) is 0 Å². The van der Waals surface area contributed by atoms with Crippen LogP contribution in [0.4, 0.5) is 0 Å². The number of rotatable bonds is 8. The Balaban J connectivity index is 0.000000518. The Morgan fingerprint density at radius 2 is 1.68 bits per heavy atom. The van der Waals surface area contributed by atoms with Crippen LogP contribution in [0.2, 0.25) is 0 Å². The van der Waals surface area contributed by atoms with Crippen molar-refractivity contribution in [2.45, 2.75) is 62.7 Å². The van der Waals surface area contributed by atoms with E-state index in [1.807, 2.05) is 6.92 Å². The zero-order valence-electron chi connectivity index (χ0n) is 12.6. The third-order valence-corrected chi connectivity index (χ3v) is 4.97. The molecule has 9 nitrogen and oxygen atoms in total. The Hall–Kier alpha value is -0.990. The molecular formula is C12H25N2O7P. The highest BCUT2D eigenvalue weighted by atomic mass is 31.2. The van der Waals surface area contributed by atoms with Gasteiger partial charge in [0.2, 0.25) is 5.28 Å². The predicted octanol–water partition coefficient (Wildman–Crippen LogP) is 0.436. The van der Waals surface area contributed by atoms with Gasteiger partial charge in [-0.25, -0.2) is 4.79 Å². The van der Waals surface area contributed by atoms with Crippen LogP contribution in [0.3, 0.4) is 0 Å². The van der Waals surface area contributed by atoms with Gasteiger partial charge in [0, 0.05) is 0 Å². The molecule has 0 radical (unpaired) electrons. The second-order valence-corrected chi connectivity index (χ2v) is 7.43. The van der Waals surface area contributed by atoms with Crippen LogP contribution in [0.25, 0.3) is 0 Å². The molecule has 0 aromatic heterocycles. The van der Waals surface area contributed by atoms with Crippen molar-refractivity contribution >= 4 is 19.5 Å². The minimum atomic E-state index is -4.81. The monoisotopic (exact) mass is 340 g/mol. The third-order valence-electron chi connectivity index (χ3n) is 3.52. The van der Waals surface area contributed by atoms with Crippen LogP contribution in [0.15, 0.2) is 0 Å². The lowest BCUT2D eigenvalue weighted by Gasteiger charge is -2.25. The van der Waals surface area contributed by atoms with Gasteiger partial charge in [0.05, 0.1) is 0 Å². The average molecular weight is 340 g/mol. The van der Waals surface area contributed by atoms with Crippen LogP contribution in [0.1, 0.15) is 51.9 Å². The topological polar surface area (TPSA) is 184 Å². The molecule has 130 valence electrons. The van der Waals surface area contributed by atoms with Crippen LogP contribution >= 0.6 is 7.60 Å². The minimum Gasteiger partial charge on any atom is -0.480 e. The summed E-state index contributed by atoms with van der Waals surface area (Å²) in [4.78, 5) is 38.4. The van der Waals surface area contributed by atoms with Gasteiger partial charge in [-0.1, -0.05) is 32.6 Å². The summed E-state index contributed by atoms with van der Waals surface area (Å²) >= 11 is 0. The van der Waals surface area contributed by atoms with E-state index in [1.54, 1.807) is 0 Å². The van der Waals surface area contributed by atoms with Gasteiger partial charge in [0.15, 0.2) is 0 Å². The van der Waals surface area contributed by atoms with E-state index in [0.717, 1.165) is 19.3 Å². The highest BCUT2D eigenvalue weighted by molar-refractivity contribution is 7.54. The zero-order chi connectivity index (χ0) is 17.6. The molecule has 0 amide bonds. The van der Waals surface area contributed by atoms with Gasteiger partial charge in [0.1, 0.15) is 5.54 Å². The summed E-state index contributed by atoms with van der Waals surface area (Å²) in [6.45, 7) is 1.98. The number of unbranched alkanes of at least 4 members (excludes halogenated alkanes) is 3. The smallest absolute Gasteiger partial charge is 0.356 e.